The maximum absolute atomic E-state index is 5.87. The number of hydrogen-bond donors (Lipinski definition) is 1. The molecule has 5 rings (SSSR count). The second-order valence-electron chi connectivity index (χ2n) is 8.23. The van der Waals surface area contributed by atoms with Crippen molar-refractivity contribution in [3.05, 3.63) is 78.4 Å². The third kappa shape index (κ3) is 4.46. The Morgan fingerprint density at radius 3 is 2.58 bits per heavy atom. The van der Waals surface area contributed by atoms with Crippen molar-refractivity contribution in [3.63, 3.8) is 0 Å². The molecule has 2 aromatic heterocycles. The van der Waals surface area contributed by atoms with Gasteiger partial charge in [0.15, 0.2) is 5.11 Å². The fourth-order valence-corrected chi connectivity index (χ4v) is 5.01. The molecule has 0 bridgehead atoms. The lowest BCUT2D eigenvalue weighted by Crippen LogP contribution is -2.36. The summed E-state index contributed by atoms with van der Waals surface area (Å²) >= 11 is 5.87. The van der Waals surface area contributed by atoms with Crippen LogP contribution in [-0.4, -0.2) is 54.7 Å². The van der Waals surface area contributed by atoms with Crippen LogP contribution in [0.4, 0.5) is 11.4 Å². The second-order valence-corrected chi connectivity index (χ2v) is 8.62. The molecule has 33 heavy (non-hydrogen) atoms. The summed E-state index contributed by atoms with van der Waals surface area (Å²) in [5.74, 6) is 0. The normalized spacial score (nSPS) is 20.8. The van der Waals surface area contributed by atoms with Crippen LogP contribution in [0.3, 0.4) is 0 Å². The maximum Gasteiger partial charge on any atom is 0.174 e. The number of benzene rings is 1. The van der Waals surface area contributed by atoms with Crippen molar-refractivity contribution in [2.24, 2.45) is 0 Å². The minimum absolute atomic E-state index is 0.0338. The van der Waals surface area contributed by atoms with E-state index >= 15 is 0 Å². The van der Waals surface area contributed by atoms with Gasteiger partial charge in [-0.2, -0.15) is 0 Å². The SMILES string of the molecule is COCCn1cccc1[C@@H]1[C@@H](c2ccccn2)NC(=S)N1c1ccc(N2CCOCC2)cc1. The Hall–Kier alpha value is -2.94. The van der Waals surface area contributed by atoms with Gasteiger partial charge < -0.3 is 29.2 Å². The summed E-state index contributed by atoms with van der Waals surface area (Å²) in [6.45, 7) is 4.80. The van der Waals surface area contributed by atoms with Crippen LogP contribution in [0.2, 0.25) is 0 Å². The van der Waals surface area contributed by atoms with E-state index in [9.17, 15) is 0 Å². The minimum Gasteiger partial charge on any atom is -0.383 e. The van der Waals surface area contributed by atoms with Gasteiger partial charge in [-0.15, -0.1) is 0 Å². The molecular formula is C25H29N5O2S. The molecule has 172 valence electrons. The van der Waals surface area contributed by atoms with Crippen molar-refractivity contribution < 1.29 is 9.47 Å². The quantitative estimate of drug-likeness (QED) is 0.538. The van der Waals surface area contributed by atoms with Gasteiger partial charge in [0.1, 0.15) is 6.04 Å². The van der Waals surface area contributed by atoms with E-state index in [2.05, 4.69) is 73.3 Å². The summed E-state index contributed by atoms with van der Waals surface area (Å²) < 4.78 is 13.1. The van der Waals surface area contributed by atoms with Crippen LogP contribution in [0.15, 0.2) is 67.0 Å². The summed E-state index contributed by atoms with van der Waals surface area (Å²) in [5.41, 5.74) is 4.41. The number of nitrogens with zero attached hydrogens (tertiary/aromatic N) is 4. The molecule has 2 aliphatic rings. The molecule has 7 nitrogen and oxygen atoms in total. The molecule has 2 saturated heterocycles. The molecule has 8 heteroatoms. The van der Waals surface area contributed by atoms with E-state index in [1.54, 1.807) is 7.11 Å². The highest BCUT2D eigenvalue weighted by Crippen LogP contribution is 2.42. The zero-order valence-corrected chi connectivity index (χ0v) is 19.6. The van der Waals surface area contributed by atoms with Gasteiger partial charge >= 0.3 is 0 Å². The zero-order valence-electron chi connectivity index (χ0n) is 18.8. The number of aromatic nitrogens is 2. The summed E-state index contributed by atoms with van der Waals surface area (Å²) in [5, 5.41) is 4.24. The van der Waals surface area contributed by atoms with Crippen molar-refractivity contribution >= 4 is 28.7 Å². The smallest absolute Gasteiger partial charge is 0.174 e. The summed E-state index contributed by atoms with van der Waals surface area (Å²) in [6.07, 6.45) is 3.94. The van der Waals surface area contributed by atoms with E-state index < -0.39 is 0 Å². The molecule has 0 saturated carbocycles. The second kappa shape index (κ2) is 9.91. The molecule has 0 unspecified atom stereocenters. The fourth-order valence-electron chi connectivity index (χ4n) is 4.67. The lowest BCUT2D eigenvalue weighted by molar-refractivity contribution is 0.122. The van der Waals surface area contributed by atoms with E-state index in [4.69, 9.17) is 21.7 Å². The lowest BCUT2D eigenvalue weighted by atomic mass is 10.0. The first-order valence-electron chi connectivity index (χ1n) is 11.3. The molecule has 1 aromatic carbocycles. The number of morpholine rings is 1. The average Bonchev–Trinajstić information content (AvgIpc) is 3.47. The van der Waals surface area contributed by atoms with Crippen molar-refractivity contribution in [2.45, 2.75) is 18.6 Å². The number of hydrogen-bond acceptors (Lipinski definition) is 5. The zero-order chi connectivity index (χ0) is 22.6. The third-order valence-corrected chi connectivity index (χ3v) is 6.62. The van der Waals surface area contributed by atoms with Gasteiger partial charge in [0.25, 0.3) is 0 Å². The van der Waals surface area contributed by atoms with Crippen LogP contribution >= 0.6 is 12.2 Å². The van der Waals surface area contributed by atoms with E-state index in [1.165, 1.54) is 11.4 Å². The topological polar surface area (TPSA) is 54.8 Å². The number of thiocarbonyl (C=S) groups is 1. The Kier molecular flexibility index (Phi) is 6.57. The molecule has 3 aromatic rings. The van der Waals surface area contributed by atoms with E-state index in [-0.39, 0.29) is 12.1 Å². The summed E-state index contributed by atoms with van der Waals surface area (Å²) in [6, 6.07) is 18.9. The van der Waals surface area contributed by atoms with Gasteiger partial charge in [0.05, 0.1) is 31.6 Å². The standard InChI is InChI=1S/C25H29N5O2S/c1-31-16-13-29-12-4-6-22(29)24-23(21-5-2-3-11-26-21)27-25(33)30(24)20-9-7-19(8-10-20)28-14-17-32-18-15-28/h2-12,23-24H,13-18H2,1H3,(H,27,33)/t23-,24-/m1/s1. The van der Waals surface area contributed by atoms with Crippen LogP contribution < -0.4 is 15.1 Å². The largest absolute Gasteiger partial charge is 0.383 e. The molecule has 0 amide bonds. The fraction of sp³-hybridized carbons (Fsp3) is 0.360. The molecule has 0 aliphatic carbocycles. The summed E-state index contributed by atoms with van der Waals surface area (Å²) in [7, 11) is 1.73. The Bertz CT molecular complexity index is 1070. The molecule has 2 atom stereocenters. The number of methoxy groups -OCH3 is 1. The number of nitrogens with one attached hydrogen (secondary N) is 1. The molecule has 1 N–H and O–H groups in total. The predicted octanol–water partition coefficient (Wildman–Crippen LogP) is 3.54. The Morgan fingerprint density at radius 2 is 1.85 bits per heavy atom. The number of anilines is 2. The molecule has 2 fully saturated rings. The highest BCUT2D eigenvalue weighted by molar-refractivity contribution is 7.80. The number of ether oxygens (including phenoxy) is 2. The first-order chi connectivity index (χ1) is 16.3. The van der Waals surface area contributed by atoms with Gasteiger partial charge in [-0.25, -0.2) is 0 Å². The Labute approximate surface area is 199 Å². The average molecular weight is 464 g/mol. The van der Waals surface area contributed by atoms with Gasteiger partial charge in [-0.05, 0) is 60.7 Å². The lowest BCUT2D eigenvalue weighted by Gasteiger charge is -2.31. The molecular weight excluding hydrogens is 434 g/mol. The van der Waals surface area contributed by atoms with Crippen LogP contribution in [0.25, 0.3) is 0 Å². The van der Waals surface area contributed by atoms with E-state index in [1.807, 2.05) is 18.3 Å². The number of rotatable bonds is 7. The molecule has 0 radical (unpaired) electrons. The highest BCUT2D eigenvalue weighted by Gasteiger charge is 2.42. The predicted molar refractivity (Wildman–Crippen MR) is 134 cm³/mol. The monoisotopic (exact) mass is 463 g/mol. The highest BCUT2D eigenvalue weighted by atomic mass is 32.1. The van der Waals surface area contributed by atoms with Gasteiger partial charge in [0, 0.05) is 56.2 Å². The van der Waals surface area contributed by atoms with Crippen LogP contribution in [0.5, 0.6) is 0 Å². The first kappa shape index (κ1) is 21.9. The van der Waals surface area contributed by atoms with Crippen LogP contribution in [-0.2, 0) is 16.0 Å². The van der Waals surface area contributed by atoms with Gasteiger partial charge in [-0.1, -0.05) is 6.07 Å². The van der Waals surface area contributed by atoms with Gasteiger partial charge in [0.2, 0.25) is 0 Å². The maximum atomic E-state index is 5.87. The minimum atomic E-state index is -0.0613. The molecule has 4 heterocycles. The van der Waals surface area contributed by atoms with Crippen molar-refractivity contribution in [2.75, 3.05) is 49.8 Å². The van der Waals surface area contributed by atoms with Crippen LogP contribution in [0.1, 0.15) is 23.5 Å². The van der Waals surface area contributed by atoms with Crippen molar-refractivity contribution in [1.29, 1.82) is 0 Å². The molecule has 0 spiro atoms. The van der Waals surface area contributed by atoms with E-state index in [0.29, 0.717) is 11.7 Å². The molecule has 2 aliphatic heterocycles. The third-order valence-electron chi connectivity index (χ3n) is 6.31. The Balaban J connectivity index is 1.51. The van der Waals surface area contributed by atoms with Crippen molar-refractivity contribution in [3.8, 4) is 0 Å². The summed E-state index contributed by atoms with van der Waals surface area (Å²) in [4.78, 5) is 9.23. The van der Waals surface area contributed by atoms with Crippen molar-refractivity contribution in [1.82, 2.24) is 14.9 Å². The Morgan fingerprint density at radius 1 is 1.06 bits per heavy atom. The van der Waals surface area contributed by atoms with Gasteiger partial charge in [-0.3, -0.25) is 4.98 Å². The van der Waals surface area contributed by atoms with Crippen LogP contribution in [0, 0.1) is 0 Å². The first-order valence-corrected chi connectivity index (χ1v) is 11.7. The van der Waals surface area contributed by atoms with E-state index in [0.717, 1.165) is 44.2 Å². The number of pyridine rings is 1.